The Hall–Kier alpha value is -1.61. The highest BCUT2D eigenvalue weighted by Gasteiger charge is 2.63. The first kappa shape index (κ1) is 30.4. The van der Waals surface area contributed by atoms with Gasteiger partial charge < -0.3 is 15.2 Å². The molecule has 4 aliphatic rings. The lowest BCUT2D eigenvalue weighted by Crippen LogP contribution is -2.59. The highest BCUT2D eigenvalue weighted by molar-refractivity contribution is 5.76. The van der Waals surface area contributed by atoms with Crippen molar-refractivity contribution in [1.29, 1.82) is 5.26 Å². The number of nitriles is 1. The van der Waals surface area contributed by atoms with Crippen molar-refractivity contribution in [1.82, 2.24) is 5.32 Å². The summed E-state index contributed by atoms with van der Waals surface area (Å²) in [5.41, 5.74) is -0.299. The van der Waals surface area contributed by atoms with E-state index in [2.05, 4.69) is 32.2 Å². The van der Waals surface area contributed by atoms with Crippen molar-refractivity contribution in [2.24, 2.45) is 51.8 Å². The van der Waals surface area contributed by atoms with Gasteiger partial charge in [0.2, 0.25) is 5.91 Å². The molecule has 4 fully saturated rings. The molecular weight excluding hydrogens is 488 g/mol. The van der Waals surface area contributed by atoms with Gasteiger partial charge in [-0.2, -0.15) is 5.26 Å². The average Bonchev–Trinajstić information content (AvgIpc) is 3.27. The lowest BCUT2D eigenvalue weighted by atomic mass is 9.43. The van der Waals surface area contributed by atoms with Crippen LogP contribution in [0.1, 0.15) is 119 Å². The number of carbonyl (C=O) groups excluding carboxylic acids is 2. The smallest absolute Gasteiger partial charge is 0.311 e. The fraction of sp³-hybridized carbons (Fsp3) is 0.909. The minimum atomic E-state index is -0.423. The Bertz CT molecular complexity index is 942. The van der Waals surface area contributed by atoms with Crippen LogP contribution in [0.2, 0.25) is 0 Å². The van der Waals surface area contributed by atoms with E-state index in [1.807, 2.05) is 20.8 Å². The summed E-state index contributed by atoms with van der Waals surface area (Å²) in [6.45, 7) is 13.6. The summed E-state index contributed by atoms with van der Waals surface area (Å²) in [6, 6.07) is 2.07. The third-order valence-corrected chi connectivity index (χ3v) is 12.6. The second-order valence-electron chi connectivity index (χ2n) is 14.8. The van der Waals surface area contributed by atoms with Crippen molar-refractivity contribution in [2.75, 3.05) is 6.54 Å². The lowest BCUT2D eigenvalue weighted by molar-refractivity contribution is -0.185. The minimum Gasteiger partial charge on any atom is -0.462 e. The monoisotopic (exact) mass is 542 g/mol. The third kappa shape index (κ3) is 5.64. The fourth-order valence-electron chi connectivity index (χ4n) is 9.61. The maximum Gasteiger partial charge on any atom is 0.311 e. The molecule has 6 heteroatoms. The Kier molecular flexibility index (Phi) is 9.11. The molecule has 0 aromatic heterocycles. The Balaban J connectivity index is 1.40. The van der Waals surface area contributed by atoms with E-state index >= 15 is 0 Å². The SMILES string of the molecule is CCC(C)(C)C(=O)OC1CCC2(C)C(CCC3C2CC(O)C2(C)C(C(C)CCC(=O)NCCC#N)CCC32)C1. The Morgan fingerprint density at radius 3 is 2.56 bits per heavy atom. The molecule has 0 aromatic carbocycles. The molecule has 10 unspecified atom stereocenters. The van der Waals surface area contributed by atoms with Crippen LogP contribution in [-0.2, 0) is 14.3 Å². The van der Waals surface area contributed by atoms with E-state index in [0.29, 0.717) is 54.9 Å². The molecule has 39 heavy (non-hydrogen) atoms. The van der Waals surface area contributed by atoms with Crippen LogP contribution in [0.5, 0.6) is 0 Å². The summed E-state index contributed by atoms with van der Waals surface area (Å²) in [6.07, 6.45) is 10.8. The molecule has 0 saturated heterocycles. The number of aliphatic hydroxyl groups is 1. The molecule has 0 aliphatic heterocycles. The molecule has 0 spiro atoms. The maximum atomic E-state index is 12.8. The summed E-state index contributed by atoms with van der Waals surface area (Å²) in [7, 11) is 0. The van der Waals surface area contributed by atoms with Crippen molar-refractivity contribution in [3.05, 3.63) is 0 Å². The molecule has 10 atom stereocenters. The van der Waals surface area contributed by atoms with Gasteiger partial charge >= 0.3 is 5.97 Å². The van der Waals surface area contributed by atoms with Crippen LogP contribution in [-0.4, -0.2) is 35.7 Å². The number of carbonyl (C=O) groups is 2. The zero-order valence-electron chi connectivity index (χ0n) is 25.4. The summed E-state index contributed by atoms with van der Waals surface area (Å²) in [4.78, 5) is 25.0. The van der Waals surface area contributed by atoms with Gasteiger partial charge in [0.25, 0.3) is 0 Å². The Labute approximate surface area is 237 Å². The van der Waals surface area contributed by atoms with Crippen LogP contribution < -0.4 is 5.32 Å². The number of hydrogen-bond donors (Lipinski definition) is 2. The molecule has 0 bridgehead atoms. The van der Waals surface area contributed by atoms with E-state index < -0.39 is 5.41 Å². The van der Waals surface area contributed by atoms with Crippen molar-refractivity contribution in [3.8, 4) is 6.07 Å². The number of nitrogens with zero attached hydrogens (tertiary/aromatic N) is 1. The maximum absolute atomic E-state index is 12.8. The van der Waals surface area contributed by atoms with Gasteiger partial charge in [-0.3, -0.25) is 9.59 Å². The molecule has 0 radical (unpaired) electrons. The van der Waals surface area contributed by atoms with Crippen LogP contribution in [0.25, 0.3) is 0 Å². The van der Waals surface area contributed by atoms with Gasteiger partial charge in [0.1, 0.15) is 6.10 Å². The second kappa shape index (κ2) is 11.7. The zero-order valence-corrected chi connectivity index (χ0v) is 25.4. The number of aliphatic hydroxyl groups excluding tert-OH is 1. The van der Waals surface area contributed by atoms with E-state index in [1.54, 1.807) is 0 Å². The predicted octanol–water partition coefficient (Wildman–Crippen LogP) is 6.41. The van der Waals surface area contributed by atoms with E-state index in [1.165, 1.54) is 19.3 Å². The number of amides is 1. The summed E-state index contributed by atoms with van der Waals surface area (Å²) < 4.78 is 6.06. The molecule has 2 N–H and O–H groups in total. The van der Waals surface area contributed by atoms with E-state index in [4.69, 9.17) is 10.00 Å². The van der Waals surface area contributed by atoms with Crippen molar-refractivity contribution in [2.45, 2.75) is 131 Å². The normalized spacial score (nSPS) is 40.4. The van der Waals surface area contributed by atoms with E-state index in [0.717, 1.165) is 44.9 Å². The molecule has 4 rings (SSSR count). The number of nitrogens with one attached hydrogen (secondary N) is 1. The van der Waals surface area contributed by atoms with Gasteiger partial charge in [-0.05, 0) is 124 Å². The standard InChI is InChI=1S/C33H54N2O4/c1-7-31(3,4)30(38)39-23-15-16-32(5)22(19-23)10-11-24-26-13-12-25(33(26,6)28(36)20-27(24)32)21(2)9-14-29(37)35-18-8-17-34/h21-28,36H,7-16,18-20H2,1-6H3,(H,35,37). The predicted molar refractivity (Wildman–Crippen MR) is 152 cm³/mol. The zero-order chi connectivity index (χ0) is 28.6. The number of rotatable bonds is 9. The molecule has 4 saturated carbocycles. The average molecular weight is 543 g/mol. The number of hydrogen-bond acceptors (Lipinski definition) is 5. The van der Waals surface area contributed by atoms with E-state index in [-0.39, 0.29) is 34.9 Å². The summed E-state index contributed by atoms with van der Waals surface area (Å²) in [5.74, 6) is 3.10. The Morgan fingerprint density at radius 2 is 1.87 bits per heavy atom. The van der Waals surface area contributed by atoms with Crippen LogP contribution >= 0.6 is 0 Å². The number of ether oxygens (including phenoxy) is 1. The van der Waals surface area contributed by atoms with Gasteiger partial charge in [-0.25, -0.2) is 0 Å². The largest absolute Gasteiger partial charge is 0.462 e. The fourth-order valence-corrected chi connectivity index (χ4v) is 9.61. The first-order valence-corrected chi connectivity index (χ1v) is 15.9. The van der Waals surface area contributed by atoms with Crippen LogP contribution in [0, 0.1) is 63.1 Å². The van der Waals surface area contributed by atoms with Crippen molar-refractivity contribution in [3.63, 3.8) is 0 Å². The quantitative estimate of drug-likeness (QED) is 0.259. The van der Waals surface area contributed by atoms with E-state index in [9.17, 15) is 14.7 Å². The highest BCUT2D eigenvalue weighted by atomic mass is 16.5. The summed E-state index contributed by atoms with van der Waals surface area (Å²) >= 11 is 0. The number of fused-ring (bicyclic) bond motifs is 5. The minimum absolute atomic E-state index is 0.0329. The van der Waals surface area contributed by atoms with Crippen LogP contribution in [0.4, 0.5) is 0 Å². The van der Waals surface area contributed by atoms with Crippen LogP contribution in [0.3, 0.4) is 0 Å². The van der Waals surface area contributed by atoms with Gasteiger partial charge in [0.05, 0.1) is 24.0 Å². The molecule has 4 aliphatic carbocycles. The van der Waals surface area contributed by atoms with Gasteiger partial charge in [-0.1, -0.05) is 27.7 Å². The molecule has 0 heterocycles. The van der Waals surface area contributed by atoms with Gasteiger partial charge in [-0.15, -0.1) is 0 Å². The van der Waals surface area contributed by atoms with Gasteiger partial charge in [0.15, 0.2) is 0 Å². The summed E-state index contributed by atoms with van der Waals surface area (Å²) in [5, 5.41) is 23.4. The molecule has 0 aromatic rings. The Morgan fingerprint density at radius 1 is 1.13 bits per heavy atom. The molecule has 220 valence electrons. The topological polar surface area (TPSA) is 99.4 Å². The van der Waals surface area contributed by atoms with Gasteiger partial charge in [0, 0.05) is 13.0 Å². The first-order chi connectivity index (χ1) is 18.4. The lowest BCUT2D eigenvalue weighted by Gasteiger charge is -2.62. The highest BCUT2D eigenvalue weighted by Crippen LogP contribution is 2.68. The van der Waals surface area contributed by atoms with Crippen molar-refractivity contribution < 1.29 is 19.4 Å². The molecular formula is C33H54N2O4. The molecule has 6 nitrogen and oxygen atoms in total. The second-order valence-corrected chi connectivity index (χ2v) is 14.8. The van der Waals surface area contributed by atoms with Crippen molar-refractivity contribution >= 4 is 11.9 Å². The number of esters is 1. The van der Waals surface area contributed by atoms with Crippen LogP contribution in [0.15, 0.2) is 0 Å². The first-order valence-electron chi connectivity index (χ1n) is 15.9. The molecule has 1 amide bonds. The third-order valence-electron chi connectivity index (χ3n) is 12.6.